The first-order valence-electron chi connectivity index (χ1n) is 9.45. The Balaban J connectivity index is 1.48. The van der Waals surface area contributed by atoms with Crippen LogP contribution in [-0.4, -0.2) is 62.8 Å². The summed E-state index contributed by atoms with van der Waals surface area (Å²) in [5.41, 5.74) is 0.801. The average Bonchev–Trinajstić information content (AvgIpc) is 2.64. The number of amides is 1. The van der Waals surface area contributed by atoms with E-state index in [1.54, 1.807) is 4.31 Å². The average molecular weight is 380 g/mol. The fraction of sp³-hybridized carbons (Fsp3) is 0.632. The summed E-state index contributed by atoms with van der Waals surface area (Å²) < 4.78 is 26.7. The van der Waals surface area contributed by atoms with E-state index >= 15 is 0 Å². The van der Waals surface area contributed by atoms with Gasteiger partial charge in [0.2, 0.25) is 15.9 Å². The maximum atomic E-state index is 12.6. The molecular formula is C19H29N3O3S. The van der Waals surface area contributed by atoms with Crippen LogP contribution in [0.2, 0.25) is 0 Å². The van der Waals surface area contributed by atoms with E-state index in [9.17, 15) is 13.2 Å². The molecule has 0 spiro atoms. The van der Waals surface area contributed by atoms with Crippen LogP contribution in [0.3, 0.4) is 0 Å². The van der Waals surface area contributed by atoms with Crippen molar-refractivity contribution in [3.05, 3.63) is 35.9 Å². The molecule has 2 aliphatic rings. The Morgan fingerprint density at radius 1 is 1.04 bits per heavy atom. The van der Waals surface area contributed by atoms with Crippen molar-refractivity contribution in [1.29, 1.82) is 0 Å². The predicted octanol–water partition coefficient (Wildman–Crippen LogP) is 1.44. The first-order valence-corrected chi connectivity index (χ1v) is 11.1. The molecule has 1 aromatic rings. The lowest BCUT2D eigenvalue weighted by Gasteiger charge is -2.33. The number of rotatable bonds is 5. The van der Waals surface area contributed by atoms with Gasteiger partial charge in [-0.1, -0.05) is 30.3 Å². The minimum atomic E-state index is -3.32. The van der Waals surface area contributed by atoms with Gasteiger partial charge in [-0.2, -0.15) is 0 Å². The van der Waals surface area contributed by atoms with Gasteiger partial charge in [0.15, 0.2) is 0 Å². The van der Waals surface area contributed by atoms with Crippen molar-refractivity contribution in [2.45, 2.75) is 37.5 Å². The molecule has 7 heteroatoms. The minimum Gasteiger partial charge on any atom is -0.353 e. The SMILES string of the molecule is CN1CCC(NC(=O)C2CCN(S(=O)(=O)Cc3ccccc3)CC2)CC1. The standard InChI is InChI=1S/C19H29N3O3S/c1-21-11-9-18(10-12-21)20-19(23)17-7-13-22(14-8-17)26(24,25)15-16-5-3-2-4-6-16/h2-6,17-18H,7-15H2,1H3,(H,20,23). The highest BCUT2D eigenvalue weighted by Gasteiger charge is 2.32. The largest absolute Gasteiger partial charge is 0.353 e. The zero-order chi connectivity index (χ0) is 18.6. The van der Waals surface area contributed by atoms with Gasteiger partial charge in [-0.25, -0.2) is 12.7 Å². The van der Waals surface area contributed by atoms with Crippen LogP contribution in [0.1, 0.15) is 31.2 Å². The van der Waals surface area contributed by atoms with Crippen LogP contribution in [0.25, 0.3) is 0 Å². The molecule has 0 radical (unpaired) electrons. The molecule has 144 valence electrons. The Morgan fingerprint density at radius 2 is 1.65 bits per heavy atom. The van der Waals surface area contributed by atoms with E-state index in [0.29, 0.717) is 25.9 Å². The van der Waals surface area contributed by atoms with E-state index in [1.807, 2.05) is 30.3 Å². The number of nitrogens with one attached hydrogen (secondary N) is 1. The fourth-order valence-electron chi connectivity index (χ4n) is 3.74. The second-order valence-corrected chi connectivity index (χ2v) is 9.47. The van der Waals surface area contributed by atoms with E-state index in [0.717, 1.165) is 31.5 Å². The zero-order valence-electron chi connectivity index (χ0n) is 15.4. The van der Waals surface area contributed by atoms with E-state index < -0.39 is 10.0 Å². The van der Waals surface area contributed by atoms with Crippen molar-refractivity contribution in [2.24, 2.45) is 5.92 Å². The van der Waals surface area contributed by atoms with Crippen molar-refractivity contribution in [3.63, 3.8) is 0 Å². The third-order valence-corrected chi connectivity index (χ3v) is 7.33. The molecule has 1 amide bonds. The smallest absolute Gasteiger partial charge is 0.223 e. The van der Waals surface area contributed by atoms with E-state index in [4.69, 9.17) is 0 Å². The first kappa shape index (κ1) is 19.3. The summed E-state index contributed by atoms with van der Waals surface area (Å²) in [7, 11) is -1.22. The van der Waals surface area contributed by atoms with Crippen molar-refractivity contribution in [2.75, 3.05) is 33.2 Å². The summed E-state index contributed by atoms with van der Waals surface area (Å²) in [6.07, 6.45) is 3.19. The van der Waals surface area contributed by atoms with Gasteiger partial charge < -0.3 is 10.2 Å². The molecule has 2 heterocycles. The topological polar surface area (TPSA) is 69.7 Å². The molecule has 2 fully saturated rings. The van der Waals surface area contributed by atoms with E-state index in [-0.39, 0.29) is 23.6 Å². The van der Waals surface area contributed by atoms with Crippen LogP contribution in [0.4, 0.5) is 0 Å². The van der Waals surface area contributed by atoms with Crippen LogP contribution in [0, 0.1) is 5.92 Å². The Hall–Kier alpha value is -1.44. The Kier molecular flexibility index (Phi) is 6.32. The van der Waals surface area contributed by atoms with Crippen LogP contribution < -0.4 is 5.32 Å². The number of likely N-dealkylation sites (tertiary alicyclic amines) is 1. The monoisotopic (exact) mass is 379 g/mol. The molecule has 2 aliphatic heterocycles. The van der Waals surface area contributed by atoms with Crippen molar-refractivity contribution in [1.82, 2.24) is 14.5 Å². The van der Waals surface area contributed by atoms with E-state index in [2.05, 4.69) is 17.3 Å². The van der Waals surface area contributed by atoms with Crippen LogP contribution in [0.5, 0.6) is 0 Å². The molecule has 0 unspecified atom stereocenters. The molecule has 0 saturated carbocycles. The summed E-state index contributed by atoms with van der Waals surface area (Å²) in [5, 5.41) is 3.17. The van der Waals surface area contributed by atoms with Crippen LogP contribution >= 0.6 is 0 Å². The Labute approximate surface area is 156 Å². The quantitative estimate of drug-likeness (QED) is 0.840. The lowest BCUT2D eigenvalue weighted by atomic mass is 9.96. The molecule has 0 aromatic heterocycles. The highest BCUT2D eigenvalue weighted by Crippen LogP contribution is 2.22. The van der Waals surface area contributed by atoms with Crippen molar-refractivity contribution < 1.29 is 13.2 Å². The van der Waals surface area contributed by atoms with Gasteiger partial charge in [0.1, 0.15) is 0 Å². The number of sulfonamides is 1. The molecule has 6 nitrogen and oxygen atoms in total. The minimum absolute atomic E-state index is 0.0281. The van der Waals surface area contributed by atoms with Crippen LogP contribution in [-0.2, 0) is 20.6 Å². The van der Waals surface area contributed by atoms with Gasteiger partial charge >= 0.3 is 0 Å². The number of carbonyl (C=O) groups is 1. The van der Waals surface area contributed by atoms with Gasteiger partial charge in [0.25, 0.3) is 0 Å². The van der Waals surface area contributed by atoms with Gasteiger partial charge in [0, 0.05) is 25.0 Å². The highest BCUT2D eigenvalue weighted by molar-refractivity contribution is 7.88. The number of benzene rings is 1. The summed E-state index contributed by atoms with van der Waals surface area (Å²) >= 11 is 0. The number of piperidine rings is 2. The van der Waals surface area contributed by atoms with Gasteiger partial charge in [-0.15, -0.1) is 0 Å². The molecule has 0 atom stereocenters. The summed E-state index contributed by atoms with van der Waals surface area (Å²) in [5.74, 6) is 0.0535. The summed E-state index contributed by atoms with van der Waals surface area (Å²) in [6.45, 7) is 2.89. The molecule has 3 rings (SSSR count). The second kappa shape index (κ2) is 8.50. The van der Waals surface area contributed by atoms with Crippen molar-refractivity contribution >= 4 is 15.9 Å². The number of hydrogen-bond donors (Lipinski definition) is 1. The Bertz CT molecular complexity index is 692. The lowest BCUT2D eigenvalue weighted by Crippen LogP contribution is -2.48. The van der Waals surface area contributed by atoms with Gasteiger partial charge in [0.05, 0.1) is 5.75 Å². The molecule has 0 aliphatic carbocycles. The molecule has 2 saturated heterocycles. The summed E-state index contributed by atoms with van der Waals surface area (Å²) in [4.78, 5) is 14.8. The molecule has 1 aromatic carbocycles. The third kappa shape index (κ3) is 5.05. The normalized spacial score (nSPS) is 21.6. The zero-order valence-corrected chi connectivity index (χ0v) is 16.2. The van der Waals surface area contributed by atoms with E-state index in [1.165, 1.54) is 0 Å². The number of carbonyl (C=O) groups excluding carboxylic acids is 1. The molecule has 26 heavy (non-hydrogen) atoms. The summed E-state index contributed by atoms with van der Waals surface area (Å²) in [6, 6.07) is 9.51. The predicted molar refractivity (Wildman–Crippen MR) is 102 cm³/mol. The van der Waals surface area contributed by atoms with Gasteiger partial charge in [-0.05, 0) is 51.4 Å². The maximum absolute atomic E-state index is 12.6. The number of nitrogens with zero attached hydrogens (tertiary/aromatic N) is 2. The lowest BCUT2D eigenvalue weighted by molar-refractivity contribution is -0.127. The molecule has 0 bridgehead atoms. The fourth-order valence-corrected chi connectivity index (χ4v) is 5.31. The first-order chi connectivity index (χ1) is 12.4. The third-order valence-electron chi connectivity index (χ3n) is 5.47. The molecule has 1 N–H and O–H groups in total. The highest BCUT2D eigenvalue weighted by atomic mass is 32.2. The van der Waals surface area contributed by atoms with Crippen LogP contribution in [0.15, 0.2) is 30.3 Å². The van der Waals surface area contributed by atoms with Crippen molar-refractivity contribution in [3.8, 4) is 0 Å². The Morgan fingerprint density at radius 3 is 2.27 bits per heavy atom. The second-order valence-electron chi connectivity index (χ2n) is 7.50. The number of hydrogen-bond acceptors (Lipinski definition) is 4. The van der Waals surface area contributed by atoms with Gasteiger partial charge in [-0.3, -0.25) is 4.79 Å². The molecular weight excluding hydrogens is 350 g/mol. The maximum Gasteiger partial charge on any atom is 0.223 e.